The van der Waals surface area contributed by atoms with E-state index in [0.717, 1.165) is 64.2 Å². The molecule has 5 fully saturated rings. The highest BCUT2D eigenvalue weighted by Gasteiger charge is 2.65. The van der Waals surface area contributed by atoms with Gasteiger partial charge in [-0.15, -0.1) is 0 Å². The first-order chi connectivity index (χ1) is 17.0. The van der Waals surface area contributed by atoms with Gasteiger partial charge in [0.1, 0.15) is 18.3 Å². The molecule has 3 saturated heterocycles. The van der Waals surface area contributed by atoms with E-state index in [1.165, 1.54) is 6.07 Å². The summed E-state index contributed by atoms with van der Waals surface area (Å²) < 4.78 is 31.9. The molecule has 9 nitrogen and oxygen atoms in total. The van der Waals surface area contributed by atoms with Crippen LogP contribution in [0.2, 0.25) is 5.02 Å². The fourth-order valence-corrected chi connectivity index (χ4v) is 6.25. The van der Waals surface area contributed by atoms with Crippen molar-refractivity contribution in [1.82, 2.24) is 10.9 Å². The molecule has 0 aromatic heterocycles. The van der Waals surface area contributed by atoms with Crippen molar-refractivity contribution in [3.05, 3.63) is 34.9 Å². The number of halogens is 1. The Morgan fingerprint density at radius 2 is 1.43 bits per heavy atom. The van der Waals surface area contributed by atoms with Crippen molar-refractivity contribution in [3.63, 3.8) is 0 Å². The first-order valence-corrected chi connectivity index (χ1v) is 13.1. The Bertz CT molecular complexity index is 978. The fourth-order valence-electron chi connectivity index (χ4n) is 6.06. The number of carbonyl (C=O) groups is 2. The normalized spacial score (nSPS) is 34.8. The average Bonchev–Trinajstić information content (AvgIpc) is 3.40. The molecule has 2 N–H and O–H groups in total. The van der Waals surface area contributed by atoms with Crippen LogP contribution >= 0.6 is 11.6 Å². The molecule has 1 unspecified atom stereocenters. The Hall–Kier alpha value is -1.75. The van der Waals surface area contributed by atoms with E-state index < -0.39 is 54.1 Å². The molecule has 2 saturated carbocycles. The number of hydrogen-bond acceptors (Lipinski definition) is 7. The molecule has 10 heteroatoms. The van der Waals surface area contributed by atoms with Gasteiger partial charge in [-0.1, -0.05) is 30.5 Å². The summed E-state index contributed by atoms with van der Waals surface area (Å²) in [5.74, 6) is -2.45. The van der Waals surface area contributed by atoms with Gasteiger partial charge in [0, 0.05) is 36.3 Å². The van der Waals surface area contributed by atoms with E-state index in [-0.39, 0.29) is 0 Å². The van der Waals surface area contributed by atoms with Crippen LogP contribution in [0, 0.1) is 0 Å². The molecule has 5 aliphatic rings. The van der Waals surface area contributed by atoms with Crippen molar-refractivity contribution in [1.29, 1.82) is 0 Å². The van der Waals surface area contributed by atoms with Gasteiger partial charge in [0.15, 0.2) is 24.0 Å². The van der Waals surface area contributed by atoms with E-state index in [9.17, 15) is 9.59 Å². The number of benzene rings is 1. The highest BCUT2D eigenvalue weighted by molar-refractivity contribution is 6.30. The summed E-state index contributed by atoms with van der Waals surface area (Å²) in [5.41, 5.74) is 5.26. The lowest BCUT2D eigenvalue weighted by Gasteiger charge is -2.36. The standard InChI is InChI=1S/C25H31ClN2O7/c26-16-9-7-8-15(14-16)21(29)27-28-22(30)19-17-18(33-24(32-17)10-3-1-4-11-24)20-23(31-19)35-25(34-20)12-5-2-6-13-25/h7-9,14,17-20,23H,1-6,10-13H2,(H,27,29)(H,28,30)/t17-,18+,19?,20-,23-/m1/s1. The zero-order chi connectivity index (χ0) is 24.0. The average molecular weight is 507 g/mol. The first kappa shape index (κ1) is 23.6. The third kappa shape index (κ3) is 4.47. The molecule has 190 valence electrons. The van der Waals surface area contributed by atoms with Crippen molar-refractivity contribution < 1.29 is 33.3 Å². The minimum atomic E-state index is -1.02. The second kappa shape index (κ2) is 9.28. The van der Waals surface area contributed by atoms with E-state index in [0.29, 0.717) is 10.6 Å². The summed E-state index contributed by atoms with van der Waals surface area (Å²) in [4.78, 5) is 25.8. The number of amides is 2. The van der Waals surface area contributed by atoms with Crippen molar-refractivity contribution >= 4 is 23.4 Å². The molecule has 35 heavy (non-hydrogen) atoms. The molecule has 2 amide bonds. The van der Waals surface area contributed by atoms with E-state index in [1.807, 2.05) is 0 Å². The van der Waals surface area contributed by atoms with Gasteiger partial charge in [-0.05, 0) is 43.9 Å². The maximum absolute atomic E-state index is 13.3. The Balaban J connectivity index is 1.20. The van der Waals surface area contributed by atoms with Crippen LogP contribution in [-0.2, 0) is 28.5 Å². The summed E-state index contributed by atoms with van der Waals surface area (Å²) in [6.07, 6.45) is 6.06. The molecular formula is C25H31ClN2O7. The minimum Gasteiger partial charge on any atom is -0.341 e. The van der Waals surface area contributed by atoms with Gasteiger partial charge in [-0.3, -0.25) is 20.4 Å². The Morgan fingerprint density at radius 3 is 2.11 bits per heavy atom. The summed E-state index contributed by atoms with van der Waals surface area (Å²) in [6, 6.07) is 6.47. The Kier molecular flexibility index (Phi) is 6.27. The summed E-state index contributed by atoms with van der Waals surface area (Å²) in [7, 11) is 0. The second-order valence-electron chi connectivity index (χ2n) is 10.2. The van der Waals surface area contributed by atoms with Gasteiger partial charge < -0.3 is 23.7 Å². The highest BCUT2D eigenvalue weighted by Crippen LogP contribution is 2.50. The highest BCUT2D eigenvalue weighted by atomic mass is 35.5. The minimum absolute atomic E-state index is 0.327. The summed E-state index contributed by atoms with van der Waals surface area (Å²) in [5, 5.41) is 0.429. The van der Waals surface area contributed by atoms with Crippen LogP contribution < -0.4 is 10.9 Å². The first-order valence-electron chi connectivity index (χ1n) is 12.7. The van der Waals surface area contributed by atoms with Crippen LogP contribution in [-0.4, -0.2) is 54.1 Å². The lowest BCUT2D eigenvalue weighted by Crippen LogP contribution is -2.61. The number of hydrogen-bond donors (Lipinski definition) is 2. The van der Waals surface area contributed by atoms with E-state index in [1.54, 1.807) is 18.2 Å². The molecule has 1 aromatic rings. The third-order valence-corrected chi connectivity index (χ3v) is 7.99. The third-order valence-electron chi connectivity index (χ3n) is 7.75. The summed E-state index contributed by atoms with van der Waals surface area (Å²) in [6.45, 7) is 0. The maximum atomic E-state index is 13.3. The van der Waals surface area contributed by atoms with Gasteiger partial charge in [0.05, 0.1) is 0 Å². The predicted molar refractivity (Wildman–Crippen MR) is 123 cm³/mol. The number of rotatable bonds is 2. The summed E-state index contributed by atoms with van der Waals surface area (Å²) >= 11 is 5.97. The molecular weight excluding hydrogens is 476 g/mol. The Morgan fingerprint density at radius 1 is 0.800 bits per heavy atom. The van der Waals surface area contributed by atoms with Crippen molar-refractivity contribution in [3.8, 4) is 0 Å². The van der Waals surface area contributed by atoms with Gasteiger partial charge in [-0.2, -0.15) is 0 Å². The number of nitrogens with one attached hydrogen (secondary N) is 2. The molecule has 5 atom stereocenters. The maximum Gasteiger partial charge on any atom is 0.270 e. The fraction of sp³-hybridized carbons (Fsp3) is 0.680. The largest absolute Gasteiger partial charge is 0.341 e. The van der Waals surface area contributed by atoms with Crippen LogP contribution in [0.1, 0.15) is 74.6 Å². The van der Waals surface area contributed by atoms with Crippen LogP contribution in [0.4, 0.5) is 0 Å². The second-order valence-corrected chi connectivity index (χ2v) is 10.6. The number of hydrazine groups is 1. The van der Waals surface area contributed by atoms with Crippen molar-refractivity contribution in [2.75, 3.05) is 0 Å². The molecule has 0 radical (unpaired) electrons. The van der Waals surface area contributed by atoms with Gasteiger partial charge >= 0.3 is 0 Å². The SMILES string of the molecule is O=C(NNC(=O)C1O[C@@H]2OC3(CCCCC3)O[C@@H]2[C@H]2OC3(CCCCC3)O[C@@H]12)c1cccc(Cl)c1. The molecule has 0 bridgehead atoms. The lowest BCUT2D eigenvalue weighted by molar-refractivity contribution is -0.247. The molecule has 1 aromatic carbocycles. The zero-order valence-corrected chi connectivity index (χ0v) is 20.3. The predicted octanol–water partition coefficient (Wildman–Crippen LogP) is 3.35. The number of carbonyl (C=O) groups excluding carboxylic acids is 2. The number of fused-ring (bicyclic) bond motifs is 3. The smallest absolute Gasteiger partial charge is 0.270 e. The van der Waals surface area contributed by atoms with Gasteiger partial charge in [0.2, 0.25) is 0 Å². The zero-order valence-electron chi connectivity index (χ0n) is 19.5. The topological polar surface area (TPSA) is 104 Å². The van der Waals surface area contributed by atoms with E-state index in [4.69, 9.17) is 35.3 Å². The van der Waals surface area contributed by atoms with E-state index in [2.05, 4.69) is 10.9 Å². The van der Waals surface area contributed by atoms with Crippen LogP contribution in [0.5, 0.6) is 0 Å². The molecule has 2 aliphatic carbocycles. The number of ether oxygens (including phenoxy) is 5. The van der Waals surface area contributed by atoms with Crippen LogP contribution in [0.25, 0.3) is 0 Å². The quantitative estimate of drug-likeness (QED) is 0.593. The van der Waals surface area contributed by atoms with E-state index >= 15 is 0 Å². The molecule has 6 rings (SSSR count). The van der Waals surface area contributed by atoms with Gasteiger partial charge in [0.25, 0.3) is 11.8 Å². The van der Waals surface area contributed by atoms with Crippen molar-refractivity contribution in [2.24, 2.45) is 0 Å². The molecule has 3 aliphatic heterocycles. The van der Waals surface area contributed by atoms with Crippen LogP contribution in [0.3, 0.4) is 0 Å². The van der Waals surface area contributed by atoms with Gasteiger partial charge in [-0.25, -0.2) is 0 Å². The van der Waals surface area contributed by atoms with Crippen molar-refractivity contribution in [2.45, 2.75) is 106 Å². The monoisotopic (exact) mass is 506 g/mol. The Labute approximate surface area is 209 Å². The lowest BCUT2D eigenvalue weighted by atomic mass is 9.94. The molecule has 2 spiro atoms. The molecule has 3 heterocycles. The van der Waals surface area contributed by atoms with Crippen LogP contribution in [0.15, 0.2) is 24.3 Å².